The Kier molecular flexibility index (Phi) is 9.62. The van der Waals surface area contributed by atoms with E-state index in [1.807, 2.05) is 43.3 Å². The van der Waals surface area contributed by atoms with Gasteiger partial charge in [0.1, 0.15) is 5.82 Å². The molecule has 4 heteroatoms. The molecule has 1 aliphatic heterocycles. The average Bonchev–Trinajstić information content (AvgIpc) is 2.92. The normalized spacial score (nSPS) is 18.0. The van der Waals surface area contributed by atoms with Gasteiger partial charge in [-0.3, -0.25) is 0 Å². The molecule has 0 radical (unpaired) electrons. The van der Waals surface area contributed by atoms with Crippen molar-refractivity contribution in [2.24, 2.45) is 5.92 Å². The maximum atomic E-state index is 15.1. The molecule has 3 aromatic carbocycles. The van der Waals surface area contributed by atoms with E-state index < -0.39 is 11.6 Å². The smallest absolute Gasteiger partial charge is 0.166 e. The molecule has 1 heterocycles. The van der Waals surface area contributed by atoms with Gasteiger partial charge in [0, 0.05) is 11.1 Å². The lowest BCUT2D eigenvalue weighted by molar-refractivity contribution is -0.0215. The van der Waals surface area contributed by atoms with Crippen molar-refractivity contribution in [3.8, 4) is 22.3 Å². The molecule has 0 aromatic heterocycles. The summed E-state index contributed by atoms with van der Waals surface area (Å²) in [5.41, 5.74) is 3.31. The van der Waals surface area contributed by atoms with Crippen LogP contribution in [0.5, 0.6) is 0 Å². The van der Waals surface area contributed by atoms with E-state index in [0.29, 0.717) is 35.6 Å². The fraction of sp³-hybridized carbons (Fsp3) is 0.394. The minimum atomic E-state index is -0.842. The molecule has 4 rings (SSSR count). The number of rotatable bonds is 10. The number of benzene rings is 3. The topological polar surface area (TPSA) is 9.23 Å². The summed E-state index contributed by atoms with van der Waals surface area (Å²) < 4.78 is 50.5. The third kappa shape index (κ3) is 6.73. The van der Waals surface area contributed by atoms with Crippen molar-refractivity contribution in [1.29, 1.82) is 0 Å². The van der Waals surface area contributed by atoms with Crippen molar-refractivity contribution < 1.29 is 17.9 Å². The molecule has 0 spiro atoms. The fourth-order valence-electron chi connectivity index (χ4n) is 5.12. The largest absolute Gasteiger partial charge is 0.373 e. The maximum absolute atomic E-state index is 15.1. The van der Waals surface area contributed by atoms with E-state index in [4.69, 9.17) is 4.74 Å². The van der Waals surface area contributed by atoms with Gasteiger partial charge < -0.3 is 4.74 Å². The quantitative estimate of drug-likeness (QED) is 0.196. The third-order valence-corrected chi connectivity index (χ3v) is 7.37. The van der Waals surface area contributed by atoms with Gasteiger partial charge in [0.05, 0.1) is 12.7 Å². The average molecular weight is 507 g/mol. The van der Waals surface area contributed by atoms with E-state index in [2.05, 4.69) is 6.92 Å². The van der Waals surface area contributed by atoms with Gasteiger partial charge in [-0.05, 0) is 66.3 Å². The van der Waals surface area contributed by atoms with Crippen LogP contribution >= 0.6 is 0 Å². The predicted octanol–water partition coefficient (Wildman–Crippen LogP) is 9.99. The maximum Gasteiger partial charge on any atom is 0.166 e. The lowest BCUT2D eigenvalue weighted by Crippen LogP contribution is -2.21. The van der Waals surface area contributed by atoms with Crippen LogP contribution in [0.4, 0.5) is 13.2 Å². The van der Waals surface area contributed by atoms with E-state index in [9.17, 15) is 8.78 Å². The molecule has 0 saturated carbocycles. The van der Waals surface area contributed by atoms with Crippen molar-refractivity contribution in [3.63, 3.8) is 0 Å². The van der Waals surface area contributed by atoms with Crippen LogP contribution < -0.4 is 0 Å². The Morgan fingerprint density at radius 3 is 2.24 bits per heavy atom. The first-order chi connectivity index (χ1) is 18.0. The summed E-state index contributed by atoms with van der Waals surface area (Å²) in [5.74, 6) is -1.34. The predicted molar refractivity (Wildman–Crippen MR) is 146 cm³/mol. The lowest BCUT2D eigenvalue weighted by atomic mass is 9.90. The van der Waals surface area contributed by atoms with Crippen LogP contribution in [0.25, 0.3) is 22.3 Å². The van der Waals surface area contributed by atoms with Crippen LogP contribution in [-0.4, -0.2) is 6.61 Å². The second-order valence-corrected chi connectivity index (χ2v) is 10.1. The molecule has 1 nitrogen and oxygen atoms in total. The highest BCUT2D eigenvalue weighted by Gasteiger charge is 2.25. The van der Waals surface area contributed by atoms with E-state index in [0.717, 1.165) is 30.4 Å². The van der Waals surface area contributed by atoms with E-state index in [1.54, 1.807) is 30.3 Å². The summed E-state index contributed by atoms with van der Waals surface area (Å²) in [6.45, 7) is 4.91. The third-order valence-electron chi connectivity index (χ3n) is 7.37. The zero-order valence-corrected chi connectivity index (χ0v) is 21.9. The van der Waals surface area contributed by atoms with Crippen molar-refractivity contribution in [1.82, 2.24) is 0 Å². The first-order valence-corrected chi connectivity index (χ1v) is 13.7. The summed E-state index contributed by atoms with van der Waals surface area (Å²) >= 11 is 0. The Balaban J connectivity index is 1.43. The Hall–Kier alpha value is -2.85. The molecule has 1 saturated heterocycles. The minimum Gasteiger partial charge on any atom is -0.373 e. The van der Waals surface area contributed by atoms with Crippen LogP contribution in [0.3, 0.4) is 0 Å². The van der Waals surface area contributed by atoms with Gasteiger partial charge in [0.25, 0.3) is 0 Å². The molecule has 196 valence electrons. The number of ether oxygens (including phenoxy) is 1. The second kappa shape index (κ2) is 13.1. The minimum absolute atomic E-state index is 0.197. The highest BCUT2D eigenvalue weighted by Crippen LogP contribution is 2.36. The zero-order valence-electron chi connectivity index (χ0n) is 21.9. The van der Waals surface area contributed by atoms with Gasteiger partial charge in [0.2, 0.25) is 0 Å². The van der Waals surface area contributed by atoms with Gasteiger partial charge in [-0.25, -0.2) is 13.2 Å². The van der Waals surface area contributed by atoms with Gasteiger partial charge in [-0.2, -0.15) is 0 Å². The van der Waals surface area contributed by atoms with Crippen LogP contribution in [0.2, 0.25) is 0 Å². The van der Waals surface area contributed by atoms with Gasteiger partial charge in [-0.1, -0.05) is 93.8 Å². The molecule has 1 aliphatic rings. The Morgan fingerprint density at radius 1 is 0.811 bits per heavy atom. The summed E-state index contributed by atoms with van der Waals surface area (Å²) in [6, 6.07) is 15.7. The molecule has 0 amide bonds. The second-order valence-electron chi connectivity index (χ2n) is 10.1. The van der Waals surface area contributed by atoms with E-state index in [-0.39, 0.29) is 17.5 Å². The van der Waals surface area contributed by atoms with Crippen LogP contribution in [-0.2, 0) is 11.2 Å². The van der Waals surface area contributed by atoms with Crippen LogP contribution in [0.1, 0.15) is 76.0 Å². The Morgan fingerprint density at radius 2 is 1.57 bits per heavy atom. The number of hydrogen-bond acceptors (Lipinski definition) is 1. The van der Waals surface area contributed by atoms with Crippen molar-refractivity contribution in [2.45, 2.75) is 71.3 Å². The monoisotopic (exact) mass is 506 g/mol. The first-order valence-electron chi connectivity index (χ1n) is 13.7. The number of halogens is 3. The van der Waals surface area contributed by atoms with E-state index in [1.165, 1.54) is 25.7 Å². The van der Waals surface area contributed by atoms with Crippen molar-refractivity contribution in [2.75, 3.05) is 6.61 Å². The molecular weight excluding hydrogens is 469 g/mol. The van der Waals surface area contributed by atoms with Crippen LogP contribution in [0, 0.1) is 23.4 Å². The number of unbranched alkanes of at least 4 members (excludes halogenated alkanes) is 2. The molecule has 1 fully saturated rings. The standard InChI is InChI=1S/C33H37F3O/c1-3-5-7-9-23-11-20-31(37-22-23)29-19-17-27(21-30(29)34)24-12-14-25(15-13-24)28-18-16-26(10-8-6-4-2)32(35)33(28)36/h6,8,12-19,21,23,31H,3-5,7,9-11,20,22H2,1-2H3. The van der Waals surface area contributed by atoms with Crippen molar-refractivity contribution in [3.05, 3.63) is 95.3 Å². The summed E-state index contributed by atoms with van der Waals surface area (Å²) in [5, 5.41) is 0. The molecule has 0 aliphatic carbocycles. The van der Waals surface area contributed by atoms with Gasteiger partial charge >= 0.3 is 0 Å². The highest BCUT2D eigenvalue weighted by molar-refractivity contribution is 5.71. The van der Waals surface area contributed by atoms with E-state index >= 15 is 4.39 Å². The molecule has 0 N–H and O–H groups in total. The lowest BCUT2D eigenvalue weighted by Gasteiger charge is -2.29. The van der Waals surface area contributed by atoms with Crippen LogP contribution in [0.15, 0.2) is 66.7 Å². The van der Waals surface area contributed by atoms with Crippen molar-refractivity contribution >= 4 is 0 Å². The fourth-order valence-corrected chi connectivity index (χ4v) is 5.12. The summed E-state index contributed by atoms with van der Waals surface area (Å²) in [6.07, 6.45) is 11.6. The molecule has 37 heavy (non-hydrogen) atoms. The Labute approximate surface area is 219 Å². The van der Waals surface area contributed by atoms with Gasteiger partial charge in [-0.15, -0.1) is 0 Å². The zero-order chi connectivity index (χ0) is 26.2. The van der Waals surface area contributed by atoms with Gasteiger partial charge in [0.15, 0.2) is 11.6 Å². The summed E-state index contributed by atoms with van der Waals surface area (Å²) in [4.78, 5) is 0. The number of hydrogen-bond donors (Lipinski definition) is 0. The molecular formula is C33H37F3O. The number of allylic oxidation sites excluding steroid dienone is 2. The first kappa shape index (κ1) is 27.2. The highest BCUT2D eigenvalue weighted by atomic mass is 19.2. The molecule has 2 atom stereocenters. The summed E-state index contributed by atoms with van der Waals surface area (Å²) in [7, 11) is 0. The molecule has 2 unspecified atom stereocenters. The SMILES string of the molecule is CCC=CCc1ccc(-c2ccc(-c3ccc(C4CCC(CCCCC)CO4)c(F)c3)cc2)c(F)c1F. The Bertz CT molecular complexity index is 1190. The molecule has 0 bridgehead atoms. The molecule has 3 aromatic rings.